The van der Waals surface area contributed by atoms with Crippen LogP contribution in [0, 0.1) is 5.92 Å². The van der Waals surface area contributed by atoms with Crippen LogP contribution in [0.25, 0.3) is 0 Å². The molecule has 6 nitrogen and oxygen atoms in total. The Labute approximate surface area is 141 Å². The lowest BCUT2D eigenvalue weighted by molar-refractivity contribution is -0.162. The highest BCUT2D eigenvalue weighted by Gasteiger charge is 2.40. The van der Waals surface area contributed by atoms with E-state index in [4.69, 9.17) is 4.74 Å². The van der Waals surface area contributed by atoms with Crippen LogP contribution in [0.15, 0.2) is 42.5 Å². The third-order valence-corrected chi connectivity index (χ3v) is 4.62. The van der Waals surface area contributed by atoms with Gasteiger partial charge in [0.1, 0.15) is 6.61 Å². The molecule has 1 fully saturated rings. The molecular weight excluding hydrogens is 308 g/mol. The van der Waals surface area contributed by atoms with Gasteiger partial charge in [-0.2, -0.15) is 0 Å². The highest BCUT2D eigenvalue weighted by atomic mass is 16.5. The molecule has 1 aliphatic carbocycles. The Kier molecular flexibility index (Phi) is 4.97. The van der Waals surface area contributed by atoms with Crippen molar-refractivity contribution in [2.45, 2.75) is 24.6 Å². The van der Waals surface area contributed by atoms with Crippen molar-refractivity contribution in [3.05, 3.63) is 48.0 Å². The summed E-state index contributed by atoms with van der Waals surface area (Å²) in [5, 5.41) is 12.1. The molecule has 2 aliphatic rings. The van der Waals surface area contributed by atoms with Gasteiger partial charge in [0.2, 0.25) is 5.91 Å². The van der Waals surface area contributed by atoms with E-state index < -0.39 is 12.1 Å². The van der Waals surface area contributed by atoms with Crippen molar-refractivity contribution < 1.29 is 19.4 Å². The number of aliphatic hydroxyl groups is 1. The Morgan fingerprint density at radius 1 is 1.33 bits per heavy atom. The van der Waals surface area contributed by atoms with Gasteiger partial charge in [0.15, 0.2) is 6.10 Å². The Balaban J connectivity index is 1.75. The minimum absolute atomic E-state index is 0.0761. The van der Waals surface area contributed by atoms with E-state index in [2.05, 4.69) is 5.32 Å². The number of hydrogen-bond donors (Lipinski definition) is 2. The lowest BCUT2D eigenvalue weighted by Gasteiger charge is -2.38. The van der Waals surface area contributed by atoms with Gasteiger partial charge >= 0.3 is 0 Å². The number of rotatable bonds is 4. The molecule has 0 radical (unpaired) electrons. The lowest BCUT2D eigenvalue weighted by atomic mass is 9.97. The number of carbonyl (C=O) groups is 2. The Bertz CT molecular complexity index is 631. The van der Waals surface area contributed by atoms with E-state index in [1.54, 1.807) is 11.9 Å². The smallest absolute Gasteiger partial charge is 0.252 e. The number of carbonyl (C=O) groups excluding carboxylic acids is 2. The maximum atomic E-state index is 12.7. The van der Waals surface area contributed by atoms with E-state index in [0.29, 0.717) is 6.42 Å². The fraction of sp³-hybridized carbons (Fsp3) is 0.444. The van der Waals surface area contributed by atoms with Gasteiger partial charge in [-0.3, -0.25) is 9.59 Å². The van der Waals surface area contributed by atoms with Gasteiger partial charge in [-0.15, -0.1) is 0 Å². The van der Waals surface area contributed by atoms with Crippen molar-refractivity contribution in [3.63, 3.8) is 0 Å². The minimum atomic E-state index is -0.753. The summed E-state index contributed by atoms with van der Waals surface area (Å²) < 4.78 is 5.58. The maximum Gasteiger partial charge on any atom is 0.252 e. The maximum absolute atomic E-state index is 12.7. The Morgan fingerprint density at radius 3 is 2.75 bits per heavy atom. The monoisotopic (exact) mass is 330 g/mol. The highest BCUT2D eigenvalue weighted by molar-refractivity contribution is 5.86. The highest BCUT2D eigenvalue weighted by Crippen LogP contribution is 2.29. The Hall–Kier alpha value is -2.18. The summed E-state index contributed by atoms with van der Waals surface area (Å²) in [7, 11) is 1.69. The van der Waals surface area contributed by atoms with Crippen LogP contribution < -0.4 is 5.32 Å². The topological polar surface area (TPSA) is 78.9 Å². The van der Waals surface area contributed by atoms with Crippen LogP contribution in [-0.4, -0.2) is 54.2 Å². The number of nitrogens with one attached hydrogen (secondary N) is 1. The van der Waals surface area contributed by atoms with Crippen LogP contribution >= 0.6 is 0 Å². The van der Waals surface area contributed by atoms with E-state index in [9.17, 15) is 14.7 Å². The van der Waals surface area contributed by atoms with Gasteiger partial charge in [-0.05, 0) is 12.0 Å². The van der Waals surface area contributed by atoms with Crippen molar-refractivity contribution in [1.29, 1.82) is 0 Å². The van der Waals surface area contributed by atoms with Crippen LogP contribution in [0.4, 0.5) is 0 Å². The summed E-state index contributed by atoms with van der Waals surface area (Å²) in [6, 6.07) is 8.86. The third kappa shape index (κ3) is 3.34. The second-order valence-electron chi connectivity index (χ2n) is 6.27. The van der Waals surface area contributed by atoms with E-state index in [1.807, 2.05) is 42.5 Å². The SMILES string of the molecule is CN1C(=O)COC(C(=O)N[C@@H]2C=C[C@H](CO)C2)C1c1ccccc1. The molecule has 1 aromatic rings. The van der Waals surface area contributed by atoms with Gasteiger partial charge in [0.05, 0.1) is 6.04 Å². The molecule has 0 aromatic heterocycles. The second-order valence-corrected chi connectivity index (χ2v) is 6.27. The molecule has 2 unspecified atom stereocenters. The molecular formula is C18H22N2O4. The van der Waals surface area contributed by atoms with Crippen LogP contribution in [-0.2, 0) is 14.3 Å². The van der Waals surface area contributed by atoms with Crippen molar-refractivity contribution in [2.24, 2.45) is 5.92 Å². The molecule has 1 aliphatic heterocycles. The lowest BCUT2D eigenvalue weighted by Crippen LogP contribution is -2.54. The molecule has 1 aromatic carbocycles. The number of ether oxygens (including phenoxy) is 1. The predicted octanol–water partition coefficient (Wildman–Crippen LogP) is 0.638. The molecule has 1 heterocycles. The summed E-state index contributed by atoms with van der Waals surface area (Å²) in [5.41, 5.74) is 0.864. The summed E-state index contributed by atoms with van der Waals surface area (Å²) in [5.74, 6) is -0.304. The first kappa shape index (κ1) is 16.7. The summed E-state index contributed by atoms with van der Waals surface area (Å²) in [4.78, 5) is 26.3. The molecule has 4 atom stereocenters. The normalized spacial score (nSPS) is 29.8. The van der Waals surface area contributed by atoms with Crippen molar-refractivity contribution in [3.8, 4) is 0 Å². The third-order valence-electron chi connectivity index (χ3n) is 4.62. The van der Waals surface area contributed by atoms with Crippen LogP contribution in [0.2, 0.25) is 0 Å². The molecule has 0 bridgehead atoms. The number of hydrogen-bond acceptors (Lipinski definition) is 4. The first-order valence-electron chi connectivity index (χ1n) is 8.12. The first-order chi connectivity index (χ1) is 11.6. The molecule has 6 heteroatoms. The van der Waals surface area contributed by atoms with E-state index >= 15 is 0 Å². The summed E-state index contributed by atoms with van der Waals surface area (Å²) >= 11 is 0. The van der Waals surface area contributed by atoms with E-state index in [0.717, 1.165) is 5.56 Å². The average molecular weight is 330 g/mol. The molecule has 0 spiro atoms. The van der Waals surface area contributed by atoms with E-state index in [1.165, 1.54) is 0 Å². The standard InChI is InChI=1S/C18H22N2O4/c1-20-15(22)11-24-17(16(20)13-5-3-2-4-6-13)18(23)19-14-8-7-12(9-14)10-21/h2-8,12,14,16-17,21H,9-11H2,1H3,(H,19,23)/t12-,14+,16?,17?/m0/s1. The zero-order valence-corrected chi connectivity index (χ0v) is 13.6. The van der Waals surface area contributed by atoms with Crippen LogP contribution in [0.5, 0.6) is 0 Å². The molecule has 0 saturated carbocycles. The Morgan fingerprint density at radius 2 is 2.08 bits per heavy atom. The van der Waals surface area contributed by atoms with Crippen LogP contribution in [0.3, 0.4) is 0 Å². The zero-order chi connectivity index (χ0) is 17.1. The molecule has 128 valence electrons. The van der Waals surface area contributed by atoms with E-state index in [-0.39, 0.29) is 37.0 Å². The van der Waals surface area contributed by atoms with Gasteiger partial charge in [-0.1, -0.05) is 42.5 Å². The zero-order valence-electron chi connectivity index (χ0n) is 13.6. The fourth-order valence-electron chi connectivity index (χ4n) is 3.26. The van der Waals surface area contributed by atoms with Gasteiger partial charge in [0, 0.05) is 25.6 Å². The average Bonchev–Trinajstić information content (AvgIpc) is 3.05. The van der Waals surface area contributed by atoms with Crippen molar-refractivity contribution >= 4 is 11.8 Å². The molecule has 3 rings (SSSR count). The molecule has 2 N–H and O–H groups in total. The predicted molar refractivity (Wildman–Crippen MR) is 88.0 cm³/mol. The number of morpholine rings is 1. The fourth-order valence-corrected chi connectivity index (χ4v) is 3.26. The number of amides is 2. The van der Waals surface area contributed by atoms with Crippen LogP contribution in [0.1, 0.15) is 18.0 Å². The summed E-state index contributed by atoms with van der Waals surface area (Å²) in [6.45, 7) is -0.0234. The first-order valence-corrected chi connectivity index (χ1v) is 8.12. The van der Waals surface area contributed by atoms with Gasteiger partial charge in [0.25, 0.3) is 5.91 Å². The largest absolute Gasteiger partial charge is 0.396 e. The molecule has 24 heavy (non-hydrogen) atoms. The number of nitrogens with zero attached hydrogens (tertiary/aromatic N) is 1. The van der Waals surface area contributed by atoms with Crippen molar-refractivity contribution in [2.75, 3.05) is 20.3 Å². The van der Waals surface area contributed by atoms with Crippen molar-refractivity contribution in [1.82, 2.24) is 10.2 Å². The van der Waals surface area contributed by atoms with Gasteiger partial charge < -0.3 is 20.1 Å². The van der Waals surface area contributed by atoms with Gasteiger partial charge in [-0.25, -0.2) is 0 Å². The minimum Gasteiger partial charge on any atom is -0.396 e. The number of likely N-dealkylation sites (N-methyl/N-ethyl adjacent to an activating group) is 1. The second kappa shape index (κ2) is 7.15. The summed E-state index contributed by atoms with van der Waals surface area (Å²) in [6.07, 6.45) is 3.74. The number of aliphatic hydroxyl groups excluding tert-OH is 1. The quantitative estimate of drug-likeness (QED) is 0.794. The number of benzene rings is 1. The molecule has 1 saturated heterocycles. The molecule has 2 amide bonds.